The van der Waals surface area contributed by atoms with Gasteiger partial charge in [-0.3, -0.25) is 0 Å². The molecule has 0 bridgehead atoms. The van der Waals surface area contributed by atoms with Crippen LogP contribution in [0.4, 0.5) is 0 Å². The lowest BCUT2D eigenvalue weighted by atomic mass is 10.0. The summed E-state index contributed by atoms with van der Waals surface area (Å²) in [6.45, 7) is 2.36. The minimum absolute atomic E-state index is 0.405. The highest BCUT2D eigenvalue weighted by Gasteiger charge is 2.26. The average Bonchev–Trinajstić information content (AvgIpc) is 3.38. The van der Waals surface area contributed by atoms with Crippen molar-refractivity contribution in [1.29, 1.82) is 0 Å². The molecule has 1 unspecified atom stereocenters. The number of carbonyl (C=O) groups is 1. The van der Waals surface area contributed by atoms with Gasteiger partial charge in [0.2, 0.25) is 0 Å². The lowest BCUT2D eigenvalue weighted by molar-refractivity contribution is -0.144. The number of para-hydroxylation sites is 1. The van der Waals surface area contributed by atoms with Crippen LogP contribution in [-0.2, 0) is 9.53 Å². The Morgan fingerprint density at radius 2 is 1.93 bits per heavy atom. The van der Waals surface area contributed by atoms with E-state index in [2.05, 4.69) is 0 Å². The highest BCUT2D eigenvalue weighted by Crippen LogP contribution is 2.35. The molecule has 146 valence electrons. The largest absolute Gasteiger partial charge is 0.456 e. The zero-order valence-electron chi connectivity index (χ0n) is 15.8. The molecule has 0 radical (unpaired) electrons. The molecule has 2 aromatic heterocycles. The predicted molar refractivity (Wildman–Crippen MR) is 107 cm³/mol. The summed E-state index contributed by atoms with van der Waals surface area (Å²) < 4.78 is 22.3. The molecule has 2 aromatic carbocycles. The molecule has 1 saturated heterocycles. The van der Waals surface area contributed by atoms with E-state index in [-0.39, 0.29) is 0 Å². The van der Waals surface area contributed by atoms with Gasteiger partial charge < -0.3 is 18.3 Å². The van der Waals surface area contributed by atoms with Crippen LogP contribution in [0.5, 0.6) is 5.75 Å². The number of carbonyl (C=O) groups excluding carboxylic acids is 1. The lowest BCUT2D eigenvalue weighted by Gasteiger charge is -2.12. The van der Waals surface area contributed by atoms with E-state index in [1.807, 2.05) is 30.3 Å². The Kier molecular flexibility index (Phi) is 4.21. The van der Waals surface area contributed by atoms with E-state index in [9.17, 15) is 9.59 Å². The van der Waals surface area contributed by atoms with Crippen LogP contribution in [0.1, 0.15) is 18.4 Å². The highest BCUT2D eigenvalue weighted by molar-refractivity contribution is 5.96. The summed E-state index contributed by atoms with van der Waals surface area (Å²) in [6.07, 6.45) is 0.969. The number of esters is 1. The van der Waals surface area contributed by atoms with Gasteiger partial charge >= 0.3 is 11.6 Å². The Morgan fingerprint density at radius 1 is 1.07 bits per heavy atom. The van der Waals surface area contributed by atoms with E-state index in [1.165, 1.54) is 6.07 Å². The standard InChI is InChI=1S/C23H18O6/c1-13-9-20-15(11-19(13)29-23(25)18-7-4-8-26-18)16(12-22(24)28-20)21-10-14-5-2-3-6-17(14)27-21/h2-3,5-6,9-12,18H,4,7-8H2,1H3. The molecule has 6 heteroatoms. The summed E-state index contributed by atoms with van der Waals surface area (Å²) in [5, 5.41) is 1.56. The number of benzene rings is 2. The number of furan rings is 1. The maximum Gasteiger partial charge on any atom is 0.340 e. The van der Waals surface area contributed by atoms with E-state index >= 15 is 0 Å². The van der Waals surface area contributed by atoms with Crippen molar-refractivity contribution >= 4 is 27.9 Å². The SMILES string of the molecule is Cc1cc2oc(=O)cc(-c3cc4ccccc4o3)c2cc1OC(=O)C1CCCO1. The fourth-order valence-corrected chi connectivity index (χ4v) is 3.66. The van der Waals surface area contributed by atoms with Gasteiger partial charge in [0.1, 0.15) is 22.7 Å². The summed E-state index contributed by atoms with van der Waals surface area (Å²) in [7, 11) is 0. The van der Waals surface area contributed by atoms with Gasteiger partial charge in [-0.25, -0.2) is 9.59 Å². The number of aryl methyl sites for hydroxylation is 1. The average molecular weight is 390 g/mol. The quantitative estimate of drug-likeness (QED) is 0.289. The number of rotatable bonds is 3. The van der Waals surface area contributed by atoms with Gasteiger partial charge in [-0.1, -0.05) is 18.2 Å². The molecule has 0 N–H and O–H groups in total. The second-order valence-electron chi connectivity index (χ2n) is 7.16. The third kappa shape index (κ3) is 3.21. The summed E-state index contributed by atoms with van der Waals surface area (Å²) in [5.74, 6) is 0.543. The van der Waals surface area contributed by atoms with Crippen LogP contribution in [-0.4, -0.2) is 18.7 Å². The van der Waals surface area contributed by atoms with Gasteiger partial charge in [-0.2, -0.15) is 0 Å². The van der Waals surface area contributed by atoms with Crippen molar-refractivity contribution in [2.75, 3.05) is 6.61 Å². The van der Waals surface area contributed by atoms with Gasteiger partial charge in [0.05, 0.1) is 0 Å². The maximum absolute atomic E-state index is 12.4. The van der Waals surface area contributed by atoms with Gasteiger partial charge in [-0.15, -0.1) is 0 Å². The van der Waals surface area contributed by atoms with Crippen LogP contribution in [0.3, 0.4) is 0 Å². The van der Waals surface area contributed by atoms with Gasteiger partial charge in [-0.05, 0) is 49.6 Å². The first-order valence-electron chi connectivity index (χ1n) is 9.49. The molecule has 4 aromatic rings. The number of hydrogen-bond donors (Lipinski definition) is 0. The molecule has 6 nitrogen and oxygen atoms in total. The zero-order valence-corrected chi connectivity index (χ0v) is 15.8. The Labute approximate surface area is 165 Å². The smallest absolute Gasteiger partial charge is 0.340 e. The molecule has 3 heterocycles. The Balaban J connectivity index is 1.63. The van der Waals surface area contributed by atoms with Crippen molar-refractivity contribution in [1.82, 2.24) is 0 Å². The molecular weight excluding hydrogens is 372 g/mol. The molecule has 29 heavy (non-hydrogen) atoms. The molecule has 0 saturated carbocycles. The van der Waals surface area contributed by atoms with E-state index in [0.29, 0.717) is 46.6 Å². The van der Waals surface area contributed by atoms with Crippen molar-refractivity contribution in [2.24, 2.45) is 0 Å². The molecule has 0 amide bonds. The van der Waals surface area contributed by atoms with Crippen LogP contribution >= 0.6 is 0 Å². The van der Waals surface area contributed by atoms with E-state index < -0.39 is 17.7 Å². The highest BCUT2D eigenvalue weighted by atomic mass is 16.6. The van der Waals surface area contributed by atoms with Crippen molar-refractivity contribution in [3.05, 3.63) is 64.5 Å². The normalized spacial score (nSPS) is 16.5. The predicted octanol–water partition coefficient (Wildman–Crippen LogP) is 4.60. The second-order valence-corrected chi connectivity index (χ2v) is 7.16. The van der Waals surface area contributed by atoms with Crippen molar-refractivity contribution in [3.63, 3.8) is 0 Å². The minimum atomic E-state index is -0.534. The fourth-order valence-electron chi connectivity index (χ4n) is 3.66. The molecule has 0 spiro atoms. The summed E-state index contributed by atoms with van der Waals surface area (Å²) >= 11 is 0. The van der Waals surface area contributed by atoms with E-state index in [1.54, 1.807) is 19.1 Å². The zero-order chi connectivity index (χ0) is 20.0. The van der Waals surface area contributed by atoms with Crippen molar-refractivity contribution in [3.8, 4) is 17.1 Å². The second kappa shape index (κ2) is 6.90. The molecule has 0 aliphatic carbocycles. The fraction of sp³-hybridized carbons (Fsp3) is 0.217. The molecule has 1 fully saturated rings. The molecular formula is C23H18O6. The first kappa shape index (κ1) is 17.7. The van der Waals surface area contributed by atoms with Crippen molar-refractivity contribution < 1.29 is 23.1 Å². The first-order valence-corrected chi connectivity index (χ1v) is 9.49. The topological polar surface area (TPSA) is 78.9 Å². The third-order valence-corrected chi connectivity index (χ3v) is 5.13. The summed E-state index contributed by atoms with van der Waals surface area (Å²) in [6, 6.07) is 14.3. The van der Waals surface area contributed by atoms with E-state index in [0.717, 1.165) is 17.4 Å². The molecule has 1 aliphatic rings. The van der Waals surface area contributed by atoms with Gasteiger partial charge in [0, 0.05) is 29.0 Å². The Bertz CT molecular complexity index is 1260. The third-order valence-electron chi connectivity index (χ3n) is 5.13. The molecule has 1 atom stereocenters. The van der Waals surface area contributed by atoms with Crippen LogP contribution in [0, 0.1) is 6.92 Å². The summed E-state index contributed by atoms with van der Waals surface area (Å²) in [4.78, 5) is 24.5. The lowest BCUT2D eigenvalue weighted by Crippen LogP contribution is -2.25. The molecule has 1 aliphatic heterocycles. The Hall–Kier alpha value is -3.38. The first-order chi connectivity index (χ1) is 14.1. The maximum atomic E-state index is 12.4. The van der Waals surface area contributed by atoms with Crippen LogP contribution < -0.4 is 10.4 Å². The minimum Gasteiger partial charge on any atom is -0.456 e. The van der Waals surface area contributed by atoms with Crippen LogP contribution in [0.25, 0.3) is 33.3 Å². The van der Waals surface area contributed by atoms with Crippen molar-refractivity contribution in [2.45, 2.75) is 25.9 Å². The number of ether oxygens (including phenoxy) is 2. The monoisotopic (exact) mass is 390 g/mol. The Morgan fingerprint density at radius 3 is 2.72 bits per heavy atom. The summed E-state index contributed by atoms with van der Waals surface area (Å²) in [5.41, 5.74) is 1.93. The van der Waals surface area contributed by atoms with Gasteiger partial charge in [0.15, 0.2) is 6.10 Å². The van der Waals surface area contributed by atoms with Gasteiger partial charge in [0.25, 0.3) is 0 Å². The van der Waals surface area contributed by atoms with Crippen LogP contribution in [0.15, 0.2) is 62.2 Å². The molecule has 5 rings (SSSR count). The van der Waals surface area contributed by atoms with Crippen LogP contribution in [0.2, 0.25) is 0 Å². The van der Waals surface area contributed by atoms with E-state index in [4.69, 9.17) is 18.3 Å². The number of hydrogen-bond acceptors (Lipinski definition) is 6. The number of fused-ring (bicyclic) bond motifs is 2.